The van der Waals surface area contributed by atoms with E-state index in [9.17, 15) is 4.79 Å². The molecule has 1 aromatic heterocycles. The molecular formula is C14H17BrN4OS. The van der Waals surface area contributed by atoms with Gasteiger partial charge in [-0.05, 0) is 40.0 Å². The second-order valence-electron chi connectivity index (χ2n) is 4.63. The van der Waals surface area contributed by atoms with Crippen molar-refractivity contribution in [3.8, 4) is 12.1 Å². The Bertz CT molecular complexity index is 528. The lowest BCUT2D eigenvalue weighted by Crippen LogP contribution is -2.39. The molecule has 0 aliphatic carbocycles. The highest BCUT2D eigenvalue weighted by atomic mass is 79.9. The highest BCUT2D eigenvalue weighted by molar-refractivity contribution is 9.11. The lowest BCUT2D eigenvalue weighted by atomic mass is 10.3. The van der Waals surface area contributed by atoms with Gasteiger partial charge in [0.2, 0.25) is 5.91 Å². The summed E-state index contributed by atoms with van der Waals surface area (Å²) in [5, 5.41) is 19.3. The van der Waals surface area contributed by atoms with Crippen molar-refractivity contribution < 1.29 is 4.79 Å². The Morgan fingerprint density at radius 3 is 2.43 bits per heavy atom. The fraction of sp³-hybridized carbons (Fsp3) is 0.500. The van der Waals surface area contributed by atoms with Gasteiger partial charge in [0.15, 0.2) is 0 Å². The molecule has 0 N–H and O–H groups in total. The number of halogens is 1. The zero-order valence-electron chi connectivity index (χ0n) is 11.9. The van der Waals surface area contributed by atoms with Crippen molar-refractivity contribution in [1.29, 1.82) is 10.5 Å². The highest BCUT2D eigenvalue weighted by Gasteiger charge is 2.15. The summed E-state index contributed by atoms with van der Waals surface area (Å²) in [5.74, 6) is -0.0442. The van der Waals surface area contributed by atoms with E-state index in [1.54, 1.807) is 16.2 Å². The standard InChI is InChI=1S/C14H17BrN4OS/c1-18(9-12-8-13(15)21-11-12)10-14(20)19(6-2-4-16)7-3-5-17/h8,11H,2-3,6-7,9-10H2,1H3. The molecule has 1 amide bonds. The summed E-state index contributed by atoms with van der Waals surface area (Å²) in [6, 6.07) is 6.10. The van der Waals surface area contributed by atoms with Gasteiger partial charge >= 0.3 is 0 Å². The molecule has 0 saturated heterocycles. The van der Waals surface area contributed by atoms with Crippen LogP contribution in [0.15, 0.2) is 15.2 Å². The molecule has 0 bridgehead atoms. The van der Waals surface area contributed by atoms with Crippen LogP contribution >= 0.6 is 27.3 Å². The Hall–Kier alpha value is -1.41. The summed E-state index contributed by atoms with van der Waals surface area (Å²) >= 11 is 5.03. The first-order valence-electron chi connectivity index (χ1n) is 6.50. The summed E-state index contributed by atoms with van der Waals surface area (Å²) < 4.78 is 1.07. The Morgan fingerprint density at radius 2 is 1.95 bits per heavy atom. The summed E-state index contributed by atoms with van der Waals surface area (Å²) in [6.07, 6.45) is 0.580. The number of nitriles is 2. The molecule has 112 valence electrons. The number of hydrogen-bond acceptors (Lipinski definition) is 5. The van der Waals surface area contributed by atoms with Gasteiger partial charge in [-0.25, -0.2) is 0 Å². The Labute approximate surface area is 137 Å². The lowest BCUT2D eigenvalue weighted by Gasteiger charge is -2.23. The molecule has 0 fully saturated rings. The SMILES string of the molecule is CN(CC(=O)N(CCC#N)CCC#N)Cc1csc(Br)c1. The minimum atomic E-state index is -0.0442. The molecule has 1 rings (SSSR count). The van der Waals surface area contributed by atoms with Gasteiger partial charge in [0.05, 0.1) is 35.3 Å². The number of carbonyl (C=O) groups is 1. The normalized spacial score (nSPS) is 10.1. The topological polar surface area (TPSA) is 71.1 Å². The third-order valence-electron chi connectivity index (χ3n) is 2.82. The fourth-order valence-electron chi connectivity index (χ4n) is 1.86. The highest BCUT2D eigenvalue weighted by Crippen LogP contribution is 2.21. The van der Waals surface area contributed by atoms with Gasteiger partial charge in [0, 0.05) is 19.6 Å². The van der Waals surface area contributed by atoms with Gasteiger partial charge in [-0.2, -0.15) is 10.5 Å². The molecule has 1 aromatic rings. The zero-order chi connectivity index (χ0) is 15.7. The van der Waals surface area contributed by atoms with Crippen LogP contribution in [0.1, 0.15) is 18.4 Å². The van der Waals surface area contributed by atoms with Crippen LogP contribution in [0, 0.1) is 22.7 Å². The van der Waals surface area contributed by atoms with Crippen molar-refractivity contribution in [2.45, 2.75) is 19.4 Å². The fourth-order valence-corrected chi connectivity index (χ4v) is 3.06. The Morgan fingerprint density at radius 1 is 1.33 bits per heavy atom. The summed E-state index contributed by atoms with van der Waals surface area (Å²) in [5.41, 5.74) is 1.16. The predicted molar refractivity (Wildman–Crippen MR) is 85.4 cm³/mol. The maximum Gasteiger partial charge on any atom is 0.236 e. The third-order valence-corrected chi connectivity index (χ3v) is 4.37. The summed E-state index contributed by atoms with van der Waals surface area (Å²) in [6.45, 7) is 1.74. The van der Waals surface area contributed by atoms with Gasteiger partial charge in [-0.15, -0.1) is 11.3 Å². The molecule has 0 aromatic carbocycles. The average Bonchev–Trinajstić information content (AvgIpc) is 2.83. The van der Waals surface area contributed by atoms with Crippen molar-refractivity contribution in [2.24, 2.45) is 0 Å². The maximum atomic E-state index is 12.2. The van der Waals surface area contributed by atoms with Crippen molar-refractivity contribution in [1.82, 2.24) is 9.80 Å². The summed E-state index contributed by atoms with van der Waals surface area (Å²) in [7, 11) is 1.89. The molecule has 0 aliphatic rings. The Kier molecular flexibility index (Phi) is 7.99. The summed E-state index contributed by atoms with van der Waals surface area (Å²) in [4.78, 5) is 15.7. The molecular weight excluding hydrogens is 352 g/mol. The molecule has 0 radical (unpaired) electrons. The molecule has 0 unspecified atom stereocenters. The van der Waals surface area contributed by atoms with Crippen LogP contribution in [0.4, 0.5) is 0 Å². The van der Waals surface area contributed by atoms with Gasteiger partial charge in [0.1, 0.15) is 0 Å². The predicted octanol–water partition coefficient (Wildman–Crippen LogP) is 2.60. The largest absolute Gasteiger partial charge is 0.340 e. The molecule has 0 aliphatic heterocycles. The van der Waals surface area contributed by atoms with Crippen LogP contribution < -0.4 is 0 Å². The van der Waals surface area contributed by atoms with E-state index in [1.165, 1.54) is 0 Å². The van der Waals surface area contributed by atoms with E-state index in [4.69, 9.17) is 10.5 Å². The number of thiophene rings is 1. The van der Waals surface area contributed by atoms with E-state index >= 15 is 0 Å². The zero-order valence-corrected chi connectivity index (χ0v) is 14.3. The van der Waals surface area contributed by atoms with Crippen LogP contribution in [0.25, 0.3) is 0 Å². The van der Waals surface area contributed by atoms with Gasteiger partial charge in [-0.3, -0.25) is 9.69 Å². The van der Waals surface area contributed by atoms with E-state index in [2.05, 4.69) is 15.9 Å². The van der Waals surface area contributed by atoms with Crippen LogP contribution in [-0.2, 0) is 11.3 Å². The molecule has 0 saturated carbocycles. The minimum absolute atomic E-state index is 0.0442. The van der Waals surface area contributed by atoms with Gasteiger partial charge in [-0.1, -0.05) is 0 Å². The molecule has 7 heteroatoms. The van der Waals surface area contributed by atoms with Crippen molar-refractivity contribution in [3.05, 3.63) is 20.8 Å². The smallest absolute Gasteiger partial charge is 0.236 e. The quantitative estimate of drug-likeness (QED) is 0.706. The van der Waals surface area contributed by atoms with Crippen molar-refractivity contribution in [3.63, 3.8) is 0 Å². The maximum absolute atomic E-state index is 12.2. The van der Waals surface area contributed by atoms with Crippen LogP contribution in [0.2, 0.25) is 0 Å². The van der Waals surface area contributed by atoms with E-state index in [1.807, 2.05) is 35.5 Å². The molecule has 1 heterocycles. The average molecular weight is 369 g/mol. The Balaban J connectivity index is 2.50. The van der Waals surface area contributed by atoms with Crippen LogP contribution in [0.3, 0.4) is 0 Å². The van der Waals surface area contributed by atoms with Gasteiger partial charge in [0.25, 0.3) is 0 Å². The first-order chi connectivity index (χ1) is 10.1. The molecule has 21 heavy (non-hydrogen) atoms. The number of rotatable bonds is 8. The van der Waals surface area contributed by atoms with E-state index in [-0.39, 0.29) is 12.5 Å². The number of hydrogen-bond donors (Lipinski definition) is 0. The molecule has 0 atom stereocenters. The monoisotopic (exact) mass is 368 g/mol. The van der Waals surface area contributed by atoms with Crippen LogP contribution in [-0.4, -0.2) is 42.4 Å². The first-order valence-corrected chi connectivity index (χ1v) is 8.17. The lowest BCUT2D eigenvalue weighted by molar-refractivity contribution is -0.132. The number of amides is 1. The second kappa shape index (κ2) is 9.51. The number of likely N-dealkylation sites (N-methyl/N-ethyl adjacent to an activating group) is 1. The van der Waals surface area contributed by atoms with Gasteiger partial charge < -0.3 is 4.90 Å². The van der Waals surface area contributed by atoms with E-state index in [0.717, 1.165) is 9.35 Å². The van der Waals surface area contributed by atoms with Crippen molar-refractivity contribution >= 4 is 33.2 Å². The minimum Gasteiger partial charge on any atom is -0.340 e. The van der Waals surface area contributed by atoms with Crippen molar-refractivity contribution in [2.75, 3.05) is 26.7 Å². The first kappa shape index (κ1) is 17.6. The van der Waals surface area contributed by atoms with E-state index in [0.29, 0.717) is 32.5 Å². The number of carbonyl (C=O) groups excluding carboxylic acids is 1. The second-order valence-corrected chi connectivity index (χ2v) is 6.92. The number of nitrogens with zero attached hydrogens (tertiary/aromatic N) is 4. The molecule has 0 spiro atoms. The third kappa shape index (κ3) is 6.72. The van der Waals surface area contributed by atoms with E-state index < -0.39 is 0 Å². The van der Waals surface area contributed by atoms with Crippen LogP contribution in [0.5, 0.6) is 0 Å². The molecule has 5 nitrogen and oxygen atoms in total.